The Morgan fingerprint density at radius 3 is 2.26 bits per heavy atom. The number of rotatable bonds is 15. The molecule has 0 radical (unpaired) electrons. The lowest BCUT2D eigenvalue weighted by Gasteiger charge is -2.40. The first-order valence-corrected chi connectivity index (χ1v) is 21.3. The number of nitrogens with one attached hydrogen (secondary N) is 3. The van der Waals surface area contributed by atoms with Gasteiger partial charge in [0, 0.05) is 57.0 Å². The number of benzene rings is 5. The van der Waals surface area contributed by atoms with E-state index in [1.54, 1.807) is 12.1 Å². The highest BCUT2D eigenvalue weighted by Gasteiger charge is 2.34. The quantitative estimate of drug-likeness (QED) is 0.0518. The molecule has 2 fully saturated rings. The first-order valence-electron chi connectivity index (χ1n) is 21.3. The summed E-state index contributed by atoms with van der Waals surface area (Å²) in [5.41, 5.74) is 14.7. The summed E-state index contributed by atoms with van der Waals surface area (Å²) >= 11 is 0. The van der Waals surface area contributed by atoms with Crippen LogP contribution in [0.15, 0.2) is 126 Å². The summed E-state index contributed by atoms with van der Waals surface area (Å²) in [7, 11) is 0. The summed E-state index contributed by atoms with van der Waals surface area (Å²) in [5, 5.41) is 15.5. The third-order valence-corrected chi connectivity index (χ3v) is 11.8. The summed E-state index contributed by atoms with van der Waals surface area (Å²) in [5.74, 6) is -0.172. The number of amides is 2. The van der Waals surface area contributed by atoms with Crippen LogP contribution in [0.1, 0.15) is 85.6 Å². The normalized spacial score (nSPS) is 18.5. The predicted molar refractivity (Wildman–Crippen MR) is 237 cm³/mol. The van der Waals surface area contributed by atoms with Gasteiger partial charge >= 0.3 is 5.69 Å². The summed E-state index contributed by atoms with van der Waals surface area (Å²) in [4.78, 5) is 43.3. The van der Waals surface area contributed by atoms with Crippen molar-refractivity contribution >= 4 is 34.2 Å². The van der Waals surface area contributed by atoms with Gasteiger partial charge in [-0.1, -0.05) is 91.0 Å². The maximum absolute atomic E-state index is 12.9. The number of nitrogens with two attached hydrogens (primary N) is 1. The number of nitrogen functional groups attached to an aromatic ring is 1. The molecule has 3 atom stereocenters. The Bertz CT molecular complexity index is 2470. The van der Waals surface area contributed by atoms with Gasteiger partial charge in [-0.05, 0) is 83.8 Å². The number of piperidine rings is 1. The van der Waals surface area contributed by atoms with Crippen molar-refractivity contribution in [3.8, 4) is 11.1 Å². The average Bonchev–Trinajstić information content (AvgIpc) is 3.63. The van der Waals surface area contributed by atoms with Crippen molar-refractivity contribution in [3.63, 3.8) is 0 Å². The average molecular weight is 823 g/mol. The number of H-pyrrole nitrogens is 1. The molecule has 1 aromatic heterocycles. The first-order chi connectivity index (χ1) is 29.8. The Morgan fingerprint density at radius 2 is 1.49 bits per heavy atom. The molecule has 0 aliphatic carbocycles. The highest BCUT2D eigenvalue weighted by atomic mass is 16.7. The lowest BCUT2D eigenvalue weighted by molar-refractivity contribution is -0.253. The second-order valence-corrected chi connectivity index (χ2v) is 16.1. The fourth-order valence-corrected chi connectivity index (χ4v) is 8.50. The number of aromatic nitrogens is 2. The van der Waals surface area contributed by atoms with Crippen LogP contribution in [-0.4, -0.2) is 57.1 Å². The van der Waals surface area contributed by atoms with Crippen molar-refractivity contribution in [2.75, 3.05) is 30.7 Å². The molecule has 0 unspecified atom stereocenters. The van der Waals surface area contributed by atoms with E-state index in [2.05, 4.69) is 56.9 Å². The van der Waals surface area contributed by atoms with E-state index in [1.165, 1.54) is 0 Å². The van der Waals surface area contributed by atoms with Crippen LogP contribution in [-0.2, 0) is 32.2 Å². The van der Waals surface area contributed by atoms with Crippen molar-refractivity contribution in [2.45, 2.75) is 82.6 Å². The number of aliphatic hydroxyl groups excluding tert-OH is 1. The molecule has 12 heteroatoms. The Balaban J connectivity index is 0.860. The summed E-state index contributed by atoms with van der Waals surface area (Å²) < 4.78 is 15.3. The van der Waals surface area contributed by atoms with Crippen LogP contribution in [0.3, 0.4) is 0 Å². The maximum atomic E-state index is 12.9. The Hall–Kier alpha value is -6.05. The van der Waals surface area contributed by atoms with Gasteiger partial charge in [-0.15, -0.1) is 0 Å². The summed E-state index contributed by atoms with van der Waals surface area (Å²) in [6, 6.07) is 39.5. The third kappa shape index (κ3) is 10.5. The van der Waals surface area contributed by atoms with E-state index in [0.29, 0.717) is 50.0 Å². The second kappa shape index (κ2) is 19.6. The number of para-hydroxylation sites is 4. The number of imidazole rings is 1. The highest BCUT2D eigenvalue weighted by Crippen LogP contribution is 2.39. The minimum Gasteiger partial charge on any atom is -0.397 e. The number of aromatic amines is 1. The fourth-order valence-electron chi connectivity index (χ4n) is 8.50. The van der Waals surface area contributed by atoms with Gasteiger partial charge in [0.1, 0.15) is 0 Å². The fraction of sp³-hybridized carbons (Fsp3) is 0.327. The maximum Gasteiger partial charge on any atom is 0.326 e. The number of carbonyl (C=O) groups is 2. The molecule has 12 nitrogen and oxygen atoms in total. The molecule has 61 heavy (non-hydrogen) atoms. The van der Waals surface area contributed by atoms with Gasteiger partial charge in [0.05, 0.1) is 41.2 Å². The van der Waals surface area contributed by atoms with Crippen LogP contribution in [0.4, 0.5) is 11.4 Å². The van der Waals surface area contributed by atoms with Gasteiger partial charge in [0.15, 0.2) is 6.29 Å². The summed E-state index contributed by atoms with van der Waals surface area (Å²) in [6.45, 7) is 2.87. The SMILES string of the molecule is Nc1ccccc1NC(=O)CCCCC(=O)NCc1cccc(-c2ccc([C@@H]3O[C@H](CN4CCC(n5c(=O)[nH]c6ccccc65)CC4)C[C@H](c4ccc(CO)cc4)O3)cc2)c1. The largest absolute Gasteiger partial charge is 0.397 e. The smallest absolute Gasteiger partial charge is 0.326 e. The van der Waals surface area contributed by atoms with Crippen LogP contribution < -0.4 is 22.1 Å². The lowest BCUT2D eigenvalue weighted by Crippen LogP contribution is -2.43. The van der Waals surface area contributed by atoms with Crippen molar-refractivity contribution in [1.29, 1.82) is 0 Å². The number of aliphatic hydroxyl groups is 1. The number of hydrogen-bond donors (Lipinski definition) is 5. The zero-order valence-corrected chi connectivity index (χ0v) is 34.3. The van der Waals surface area contributed by atoms with Crippen molar-refractivity contribution in [3.05, 3.63) is 154 Å². The third-order valence-electron chi connectivity index (χ3n) is 11.8. The van der Waals surface area contributed by atoms with Crippen LogP contribution in [0.25, 0.3) is 22.2 Å². The molecule has 0 saturated carbocycles. The van der Waals surface area contributed by atoms with E-state index in [-0.39, 0.29) is 42.4 Å². The van der Waals surface area contributed by atoms with Crippen molar-refractivity contribution < 1.29 is 24.2 Å². The molecule has 2 aliphatic rings. The van der Waals surface area contributed by atoms with E-state index in [4.69, 9.17) is 15.2 Å². The van der Waals surface area contributed by atoms with Gasteiger partial charge in [0.25, 0.3) is 0 Å². The number of carbonyl (C=O) groups excluding carboxylic acids is 2. The van der Waals surface area contributed by atoms with Gasteiger partial charge in [-0.25, -0.2) is 4.79 Å². The molecule has 0 bridgehead atoms. The monoisotopic (exact) mass is 822 g/mol. The zero-order valence-electron chi connectivity index (χ0n) is 34.3. The van der Waals surface area contributed by atoms with Crippen molar-refractivity contribution in [2.24, 2.45) is 0 Å². The van der Waals surface area contributed by atoms with Crippen LogP contribution in [0.5, 0.6) is 0 Å². The highest BCUT2D eigenvalue weighted by molar-refractivity contribution is 5.93. The minimum atomic E-state index is -0.573. The zero-order chi connectivity index (χ0) is 42.1. The second-order valence-electron chi connectivity index (χ2n) is 16.1. The van der Waals surface area contributed by atoms with E-state index in [1.807, 2.05) is 77.4 Å². The molecule has 6 N–H and O–H groups in total. The molecule has 0 spiro atoms. The molecule has 2 amide bonds. The van der Waals surface area contributed by atoms with Crippen LogP contribution in [0.2, 0.25) is 0 Å². The molecule has 6 aromatic rings. The predicted octanol–water partition coefficient (Wildman–Crippen LogP) is 7.77. The molecule has 8 rings (SSSR count). The van der Waals surface area contributed by atoms with E-state index in [0.717, 1.165) is 76.9 Å². The van der Waals surface area contributed by atoms with E-state index < -0.39 is 6.29 Å². The van der Waals surface area contributed by atoms with Gasteiger partial charge in [0.2, 0.25) is 11.8 Å². The van der Waals surface area contributed by atoms with Crippen molar-refractivity contribution in [1.82, 2.24) is 19.8 Å². The number of hydrogen-bond acceptors (Lipinski definition) is 8. The van der Waals surface area contributed by atoms with E-state index >= 15 is 0 Å². The molecular weight excluding hydrogens is 769 g/mol. The summed E-state index contributed by atoms with van der Waals surface area (Å²) in [6.07, 6.45) is 3.47. The van der Waals surface area contributed by atoms with Gasteiger partial charge in [-0.2, -0.15) is 0 Å². The Labute approximate surface area is 355 Å². The van der Waals surface area contributed by atoms with E-state index in [9.17, 15) is 19.5 Å². The number of nitrogens with zero attached hydrogens (tertiary/aromatic N) is 2. The molecule has 2 saturated heterocycles. The minimum absolute atomic E-state index is 0.0136. The molecule has 2 aliphatic heterocycles. The van der Waals surface area contributed by atoms with Gasteiger partial charge in [-0.3, -0.25) is 14.2 Å². The Kier molecular flexibility index (Phi) is 13.4. The molecule has 3 heterocycles. The van der Waals surface area contributed by atoms with Crippen LogP contribution in [0, 0.1) is 0 Å². The molecular formula is C49H54N6O6. The standard InChI is InChI=1S/C49H54N6O6/c50-41-10-1-2-11-42(41)52-47(58)15-6-5-14-46(57)51-30-34-8-7-9-38(28-34)35-20-22-37(23-21-35)48-60-40(29-45(61-48)36-18-16-33(32-56)17-19-36)31-54-26-24-39(25-27-54)55-44-13-4-3-12-43(44)53-49(55)59/h1-4,7-13,16-23,28,39-40,45,48,56H,5-6,14-15,24-27,29-32,50H2,(H,51,57)(H,52,58)(H,53,59)/t40-,45+,48+/m0/s1. The van der Waals surface area contributed by atoms with Crippen LogP contribution >= 0.6 is 0 Å². The number of likely N-dealkylation sites (tertiary alicyclic amines) is 1. The number of fused-ring (bicyclic) bond motifs is 1. The lowest BCUT2D eigenvalue weighted by atomic mass is 9.98. The molecule has 316 valence electrons. The van der Waals surface area contributed by atoms with Gasteiger partial charge < -0.3 is 40.8 Å². The molecule has 5 aromatic carbocycles. The Morgan fingerprint density at radius 1 is 0.770 bits per heavy atom. The number of ether oxygens (including phenoxy) is 2. The topological polar surface area (TPSA) is 164 Å². The number of unbranched alkanes of at least 4 members (excludes halogenated alkanes) is 1. The number of anilines is 2. The first kappa shape index (κ1) is 41.7.